The number of carbonyl (C=O) groups is 2. The Labute approximate surface area is 158 Å². The third-order valence-electron chi connectivity index (χ3n) is 4.28. The second-order valence-corrected chi connectivity index (χ2v) is 6.44. The average molecular weight is 373 g/mol. The van der Waals surface area contributed by atoms with Gasteiger partial charge in [0.25, 0.3) is 5.91 Å². The number of esters is 1. The van der Waals surface area contributed by atoms with E-state index >= 15 is 0 Å². The lowest BCUT2D eigenvalue weighted by molar-refractivity contribution is -0.154. The third kappa shape index (κ3) is 5.26. The summed E-state index contributed by atoms with van der Waals surface area (Å²) < 4.78 is 20.2. The summed E-state index contributed by atoms with van der Waals surface area (Å²) in [7, 11) is 3.41. The highest BCUT2D eigenvalue weighted by Gasteiger charge is 2.21. The Morgan fingerprint density at radius 3 is 2.67 bits per heavy atom. The molecule has 7 heteroatoms. The number of amides is 1. The Kier molecular flexibility index (Phi) is 6.50. The molecule has 6 nitrogen and oxygen atoms in total. The maximum Gasteiger partial charge on any atom is 0.331 e. The van der Waals surface area contributed by atoms with Gasteiger partial charge in [0.05, 0.1) is 5.69 Å². The monoisotopic (exact) mass is 373 g/mol. The predicted octanol–water partition coefficient (Wildman–Crippen LogP) is 2.78. The van der Waals surface area contributed by atoms with Crippen molar-refractivity contribution in [3.8, 4) is 0 Å². The molecule has 0 saturated carbocycles. The van der Waals surface area contributed by atoms with Gasteiger partial charge in [-0.1, -0.05) is 12.1 Å². The number of benzene rings is 1. The van der Waals surface area contributed by atoms with E-state index < -0.39 is 12.1 Å². The lowest BCUT2D eigenvalue weighted by Crippen LogP contribution is -2.36. The maximum atomic E-state index is 13.2. The summed E-state index contributed by atoms with van der Waals surface area (Å²) in [6.45, 7) is 5.49. The maximum absolute atomic E-state index is 13.2. The summed E-state index contributed by atoms with van der Waals surface area (Å²) in [6, 6.07) is 6.01. The van der Waals surface area contributed by atoms with Crippen LogP contribution in [0.2, 0.25) is 0 Å². The molecule has 2 aromatic rings. The van der Waals surface area contributed by atoms with Crippen LogP contribution in [-0.4, -0.2) is 39.7 Å². The predicted molar refractivity (Wildman–Crippen MR) is 100 cm³/mol. The number of aryl methyl sites for hydroxylation is 2. The minimum Gasteiger partial charge on any atom is -0.449 e. The van der Waals surface area contributed by atoms with E-state index in [1.54, 1.807) is 29.9 Å². The van der Waals surface area contributed by atoms with Gasteiger partial charge < -0.3 is 9.64 Å². The molecule has 0 aliphatic carbocycles. The molecule has 1 amide bonds. The van der Waals surface area contributed by atoms with Crippen LogP contribution in [0.3, 0.4) is 0 Å². The minimum absolute atomic E-state index is 0.225. The lowest BCUT2D eigenvalue weighted by Gasteiger charge is -2.21. The molecule has 0 fully saturated rings. The fourth-order valence-corrected chi connectivity index (χ4v) is 2.74. The molecule has 0 aliphatic rings. The van der Waals surface area contributed by atoms with E-state index in [0.29, 0.717) is 5.56 Å². The van der Waals surface area contributed by atoms with Crippen LogP contribution in [0.25, 0.3) is 6.08 Å². The van der Waals surface area contributed by atoms with E-state index in [1.165, 1.54) is 30.0 Å². The fourth-order valence-electron chi connectivity index (χ4n) is 2.74. The topological polar surface area (TPSA) is 64.4 Å². The molecule has 1 aromatic carbocycles. The first-order valence-electron chi connectivity index (χ1n) is 8.57. The van der Waals surface area contributed by atoms with E-state index in [2.05, 4.69) is 5.10 Å². The van der Waals surface area contributed by atoms with Crippen LogP contribution in [0.15, 0.2) is 30.3 Å². The quantitative estimate of drug-likeness (QED) is 0.577. The molecular formula is C20H24FN3O3. The van der Waals surface area contributed by atoms with Crippen molar-refractivity contribution in [2.75, 3.05) is 7.05 Å². The van der Waals surface area contributed by atoms with Gasteiger partial charge in [-0.2, -0.15) is 5.10 Å². The molecule has 144 valence electrons. The van der Waals surface area contributed by atoms with Gasteiger partial charge in [0.15, 0.2) is 6.10 Å². The Morgan fingerprint density at radius 2 is 2.07 bits per heavy atom. The third-order valence-corrected chi connectivity index (χ3v) is 4.28. The smallest absolute Gasteiger partial charge is 0.331 e. The first kappa shape index (κ1) is 20.4. The lowest BCUT2D eigenvalue weighted by atomic mass is 10.2. The number of ether oxygens (including phenoxy) is 1. The molecule has 27 heavy (non-hydrogen) atoms. The van der Waals surface area contributed by atoms with E-state index in [-0.39, 0.29) is 18.3 Å². The number of halogens is 1. The van der Waals surface area contributed by atoms with Gasteiger partial charge in [-0.05, 0) is 44.5 Å². The van der Waals surface area contributed by atoms with E-state index in [4.69, 9.17) is 4.74 Å². The summed E-state index contributed by atoms with van der Waals surface area (Å²) in [5.41, 5.74) is 3.23. The minimum atomic E-state index is -0.947. The summed E-state index contributed by atoms with van der Waals surface area (Å²) in [6.07, 6.45) is 1.97. The number of hydrogen-bond donors (Lipinski definition) is 0. The molecular weight excluding hydrogens is 349 g/mol. The van der Waals surface area contributed by atoms with Crippen molar-refractivity contribution >= 4 is 18.0 Å². The van der Waals surface area contributed by atoms with Crippen molar-refractivity contribution in [3.63, 3.8) is 0 Å². The van der Waals surface area contributed by atoms with Gasteiger partial charge in [0.2, 0.25) is 0 Å². The summed E-state index contributed by atoms with van der Waals surface area (Å²) in [5, 5.41) is 4.27. The highest BCUT2D eigenvalue weighted by atomic mass is 19.1. The van der Waals surface area contributed by atoms with Crippen molar-refractivity contribution in [1.82, 2.24) is 14.7 Å². The number of nitrogens with zero attached hydrogens (tertiary/aromatic N) is 3. The Bertz CT molecular complexity index is 873. The van der Waals surface area contributed by atoms with Crippen molar-refractivity contribution in [3.05, 3.63) is 58.7 Å². The number of carbonyl (C=O) groups excluding carboxylic acids is 2. The molecule has 0 spiro atoms. The van der Waals surface area contributed by atoms with Crippen LogP contribution in [-0.2, 0) is 27.9 Å². The Hall–Kier alpha value is -2.96. The van der Waals surface area contributed by atoms with Gasteiger partial charge in [-0.15, -0.1) is 0 Å². The number of rotatable bonds is 6. The van der Waals surface area contributed by atoms with Crippen LogP contribution >= 0.6 is 0 Å². The molecule has 0 bridgehead atoms. The zero-order valence-electron chi connectivity index (χ0n) is 16.2. The second-order valence-electron chi connectivity index (χ2n) is 6.44. The molecule has 0 radical (unpaired) electrons. The molecule has 1 unspecified atom stereocenters. The zero-order chi connectivity index (χ0) is 20.1. The van der Waals surface area contributed by atoms with Crippen LogP contribution in [0.1, 0.15) is 29.4 Å². The molecule has 1 aromatic heterocycles. The zero-order valence-corrected chi connectivity index (χ0v) is 16.2. The van der Waals surface area contributed by atoms with Crippen molar-refractivity contribution in [2.45, 2.75) is 33.4 Å². The van der Waals surface area contributed by atoms with Crippen LogP contribution in [0.4, 0.5) is 4.39 Å². The number of aromatic nitrogens is 2. The highest BCUT2D eigenvalue weighted by Crippen LogP contribution is 2.14. The highest BCUT2D eigenvalue weighted by molar-refractivity contribution is 5.90. The van der Waals surface area contributed by atoms with Gasteiger partial charge in [0, 0.05) is 38.0 Å². The molecule has 2 rings (SSSR count). The number of hydrogen-bond acceptors (Lipinski definition) is 4. The van der Waals surface area contributed by atoms with Crippen LogP contribution in [0.5, 0.6) is 0 Å². The van der Waals surface area contributed by atoms with Gasteiger partial charge in [-0.25, -0.2) is 9.18 Å². The van der Waals surface area contributed by atoms with Gasteiger partial charge >= 0.3 is 5.97 Å². The number of likely N-dealkylation sites (N-methyl/N-ethyl adjacent to an activating group) is 1. The molecule has 0 saturated heterocycles. The van der Waals surface area contributed by atoms with Crippen molar-refractivity contribution in [2.24, 2.45) is 7.05 Å². The Morgan fingerprint density at radius 1 is 1.37 bits per heavy atom. The van der Waals surface area contributed by atoms with E-state index in [0.717, 1.165) is 17.0 Å². The van der Waals surface area contributed by atoms with Crippen LogP contribution in [0, 0.1) is 19.7 Å². The van der Waals surface area contributed by atoms with Gasteiger partial charge in [0.1, 0.15) is 5.82 Å². The van der Waals surface area contributed by atoms with Crippen molar-refractivity contribution in [1.29, 1.82) is 0 Å². The van der Waals surface area contributed by atoms with Crippen LogP contribution < -0.4 is 0 Å². The first-order chi connectivity index (χ1) is 12.7. The molecule has 0 aliphatic heterocycles. The van der Waals surface area contributed by atoms with Gasteiger partial charge in [-0.3, -0.25) is 9.48 Å². The fraction of sp³-hybridized carbons (Fsp3) is 0.350. The summed E-state index contributed by atoms with van der Waals surface area (Å²) in [4.78, 5) is 25.8. The first-order valence-corrected chi connectivity index (χ1v) is 8.57. The molecule has 1 atom stereocenters. The second kappa shape index (κ2) is 8.62. The SMILES string of the molecule is Cc1nn(C)c(C)c1/C=C/C(=O)OC(C)C(=O)N(C)Cc1cccc(F)c1. The van der Waals surface area contributed by atoms with Crippen molar-refractivity contribution < 1.29 is 18.7 Å². The molecule has 1 heterocycles. The van der Waals surface area contributed by atoms with E-state index in [9.17, 15) is 14.0 Å². The summed E-state index contributed by atoms with van der Waals surface area (Å²) >= 11 is 0. The Balaban J connectivity index is 1.94. The summed E-state index contributed by atoms with van der Waals surface area (Å²) in [5.74, 6) is -1.34. The van der Waals surface area contributed by atoms with E-state index in [1.807, 2.05) is 20.9 Å². The largest absolute Gasteiger partial charge is 0.449 e. The molecule has 0 N–H and O–H groups in total. The average Bonchev–Trinajstić information content (AvgIpc) is 2.84. The standard InChI is InChI=1S/C20H24FN3O3/c1-13-18(14(2)24(5)22-13)9-10-19(25)27-15(3)20(26)23(4)12-16-7-6-8-17(21)11-16/h6-11,15H,12H2,1-5H3/b10-9+. The normalized spacial score (nSPS) is 12.2.